The van der Waals surface area contributed by atoms with Crippen LogP contribution >= 0.6 is 0 Å². The number of nitrogens with zero attached hydrogens (tertiary/aromatic N) is 1. The predicted molar refractivity (Wildman–Crippen MR) is 85.1 cm³/mol. The lowest BCUT2D eigenvalue weighted by molar-refractivity contribution is 0.123. The van der Waals surface area contributed by atoms with Gasteiger partial charge in [0.1, 0.15) is 0 Å². The van der Waals surface area contributed by atoms with Crippen molar-refractivity contribution in [3.05, 3.63) is 0 Å². The van der Waals surface area contributed by atoms with Crippen LogP contribution in [0.4, 0.5) is 0 Å². The second-order valence-corrected chi connectivity index (χ2v) is 6.56. The maximum absolute atomic E-state index is 5.62. The summed E-state index contributed by atoms with van der Waals surface area (Å²) >= 11 is 0. The second-order valence-electron chi connectivity index (χ2n) is 6.56. The average molecular weight is 282 g/mol. The fourth-order valence-electron chi connectivity index (χ4n) is 3.82. The third-order valence-corrected chi connectivity index (χ3v) is 5.12. The van der Waals surface area contributed by atoms with Crippen molar-refractivity contribution in [3.63, 3.8) is 0 Å². The zero-order valence-corrected chi connectivity index (χ0v) is 13.6. The van der Waals surface area contributed by atoms with Gasteiger partial charge in [0.25, 0.3) is 0 Å². The molecule has 1 aliphatic heterocycles. The van der Waals surface area contributed by atoms with Crippen LogP contribution in [0.25, 0.3) is 0 Å². The summed E-state index contributed by atoms with van der Waals surface area (Å²) in [4.78, 5) is 2.74. The number of hydrogen-bond acceptors (Lipinski definition) is 3. The number of likely N-dealkylation sites (N-methyl/N-ethyl adjacent to an activating group) is 1. The zero-order valence-electron chi connectivity index (χ0n) is 13.6. The Morgan fingerprint density at radius 2 is 1.95 bits per heavy atom. The van der Waals surface area contributed by atoms with E-state index in [9.17, 15) is 0 Å². The van der Waals surface area contributed by atoms with Crippen molar-refractivity contribution in [3.8, 4) is 0 Å². The molecule has 1 saturated heterocycles. The van der Waals surface area contributed by atoms with Crippen molar-refractivity contribution in [1.29, 1.82) is 0 Å². The van der Waals surface area contributed by atoms with E-state index in [1.807, 2.05) is 0 Å². The van der Waals surface area contributed by atoms with Gasteiger partial charge in [0.2, 0.25) is 0 Å². The molecule has 0 aromatic rings. The van der Waals surface area contributed by atoms with Crippen molar-refractivity contribution in [2.45, 2.75) is 70.9 Å². The summed E-state index contributed by atoms with van der Waals surface area (Å²) in [7, 11) is 0. The molecular formula is C17H34N2O. The summed E-state index contributed by atoms with van der Waals surface area (Å²) in [6.45, 7) is 10.1. The molecule has 2 rings (SSSR count). The van der Waals surface area contributed by atoms with Crippen molar-refractivity contribution in [1.82, 2.24) is 10.2 Å². The fraction of sp³-hybridized carbons (Fsp3) is 1.00. The van der Waals surface area contributed by atoms with Crippen molar-refractivity contribution < 1.29 is 4.74 Å². The topological polar surface area (TPSA) is 24.5 Å². The maximum Gasteiger partial charge on any atom is 0.0510 e. The Bertz CT molecular complexity index is 247. The lowest BCUT2D eigenvalue weighted by Crippen LogP contribution is -2.49. The molecular weight excluding hydrogens is 248 g/mol. The van der Waals surface area contributed by atoms with Crippen LogP contribution in [0, 0.1) is 5.92 Å². The van der Waals surface area contributed by atoms with E-state index in [-0.39, 0.29) is 0 Å². The third kappa shape index (κ3) is 4.71. The van der Waals surface area contributed by atoms with E-state index in [0.717, 1.165) is 31.7 Å². The Hall–Kier alpha value is -0.120. The standard InChI is InChI=1S/C17H34N2O/c1-3-11-18-17(15-10-12-20-14-15)13-19(4-2)16-8-6-5-7-9-16/h15-18H,3-14H2,1-2H3. The van der Waals surface area contributed by atoms with E-state index >= 15 is 0 Å². The number of hydrogen-bond donors (Lipinski definition) is 1. The van der Waals surface area contributed by atoms with Gasteiger partial charge >= 0.3 is 0 Å². The molecule has 1 saturated carbocycles. The van der Waals surface area contributed by atoms with E-state index in [1.165, 1.54) is 58.0 Å². The van der Waals surface area contributed by atoms with Gasteiger partial charge in [-0.25, -0.2) is 0 Å². The van der Waals surface area contributed by atoms with Gasteiger partial charge in [0.15, 0.2) is 0 Å². The smallest absolute Gasteiger partial charge is 0.0510 e. The number of rotatable bonds is 8. The molecule has 1 N–H and O–H groups in total. The van der Waals surface area contributed by atoms with Crippen LogP contribution in [-0.4, -0.2) is 49.8 Å². The van der Waals surface area contributed by atoms with Crippen molar-refractivity contribution in [2.24, 2.45) is 5.92 Å². The van der Waals surface area contributed by atoms with E-state index in [2.05, 4.69) is 24.1 Å². The summed E-state index contributed by atoms with van der Waals surface area (Å²) in [5.74, 6) is 0.721. The molecule has 0 aromatic carbocycles. The summed E-state index contributed by atoms with van der Waals surface area (Å²) < 4.78 is 5.62. The maximum atomic E-state index is 5.62. The molecule has 0 bridgehead atoms. The molecule has 3 heteroatoms. The largest absolute Gasteiger partial charge is 0.381 e. The zero-order chi connectivity index (χ0) is 14.2. The number of ether oxygens (including phenoxy) is 1. The molecule has 0 aromatic heterocycles. The van der Waals surface area contributed by atoms with Gasteiger partial charge in [-0.05, 0) is 38.8 Å². The summed E-state index contributed by atoms with van der Waals surface area (Å²) in [6, 6.07) is 1.46. The molecule has 118 valence electrons. The monoisotopic (exact) mass is 282 g/mol. The van der Waals surface area contributed by atoms with E-state index in [4.69, 9.17) is 4.74 Å². The minimum atomic E-state index is 0.624. The number of nitrogens with one attached hydrogen (secondary N) is 1. The molecule has 2 fully saturated rings. The first-order valence-corrected chi connectivity index (χ1v) is 8.90. The quantitative estimate of drug-likeness (QED) is 0.740. The lowest BCUT2D eigenvalue weighted by Gasteiger charge is -2.37. The first-order valence-electron chi connectivity index (χ1n) is 8.90. The molecule has 1 aliphatic carbocycles. The van der Waals surface area contributed by atoms with E-state index < -0.39 is 0 Å². The van der Waals surface area contributed by atoms with E-state index in [1.54, 1.807) is 0 Å². The Balaban J connectivity index is 1.88. The second kappa shape index (κ2) is 9.01. The van der Waals surface area contributed by atoms with Gasteiger partial charge in [0, 0.05) is 31.2 Å². The van der Waals surface area contributed by atoms with Gasteiger partial charge in [0.05, 0.1) is 6.61 Å². The average Bonchev–Trinajstić information content (AvgIpc) is 3.03. The van der Waals surface area contributed by atoms with Crippen LogP contribution in [0.2, 0.25) is 0 Å². The summed E-state index contributed by atoms with van der Waals surface area (Å²) in [5, 5.41) is 3.79. The van der Waals surface area contributed by atoms with Gasteiger partial charge in [-0.15, -0.1) is 0 Å². The van der Waals surface area contributed by atoms with Crippen LogP contribution in [0.1, 0.15) is 58.8 Å². The summed E-state index contributed by atoms with van der Waals surface area (Å²) in [6.07, 6.45) is 9.60. The molecule has 2 atom stereocenters. The molecule has 2 unspecified atom stereocenters. The Morgan fingerprint density at radius 3 is 2.55 bits per heavy atom. The SMILES string of the molecule is CCCNC(CN(CC)C1CCCCC1)C1CCOC1. The predicted octanol–water partition coefficient (Wildman–Crippen LogP) is 3.05. The highest BCUT2D eigenvalue weighted by Crippen LogP contribution is 2.24. The minimum Gasteiger partial charge on any atom is -0.381 e. The molecule has 2 aliphatic rings. The Morgan fingerprint density at radius 1 is 1.15 bits per heavy atom. The first kappa shape index (κ1) is 16.3. The molecule has 0 amide bonds. The van der Waals surface area contributed by atoms with Crippen molar-refractivity contribution in [2.75, 3.05) is 32.8 Å². The van der Waals surface area contributed by atoms with Gasteiger partial charge in [-0.2, -0.15) is 0 Å². The summed E-state index contributed by atoms with van der Waals surface area (Å²) in [5.41, 5.74) is 0. The minimum absolute atomic E-state index is 0.624. The van der Waals surface area contributed by atoms with Crippen LogP contribution in [0.5, 0.6) is 0 Å². The van der Waals surface area contributed by atoms with Crippen LogP contribution < -0.4 is 5.32 Å². The molecule has 0 spiro atoms. The van der Waals surface area contributed by atoms with Gasteiger partial charge in [-0.1, -0.05) is 33.1 Å². The van der Waals surface area contributed by atoms with E-state index in [0.29, 0.717) is 6.04 Å². The Labute approximate surface area is 125 Å². The van der Waals surface area contributed by atoms with Crippen LogP contribution in [-0.2, 0) is 4.74 Å². The lowest BCUT2D eigenvalue weighted by atomic mass is 9.92. The normalized spacial score (nSPS) is 26.2. The van der Waals surface area contributed by atoms with Crippen molar-refractivity contribution >= 4 is 0 Å². The fourth-order valence-corrected chi connectivity index (χ4v) is 3.82. The van der Waals surface area contributed by atoms with Crippen LogP contribution in [0.15, 0.2) is 0 Å². The molecule has 3 nitrogen and oxygen atoms in total. The van der Waals surface area contributed by atoms with Gasteiger partial charge in [-0.3, -0.25) is 4.90 Å². The van der Waals surface area contributed by atoms with Gasteiger partial charge < -0.3 is 10.1 Å². The molecule has 0 radical (unpaired) electrons. The highest BCUT2D eigenvalue weighted by atomic mass is 16.5. The molecule has 20 heavy (non-hydrogen) atoms. The van der Waals surface area contributed by atoms with Crippen LogP contribution in [0.3, 0.4) is 0 Å². The molecule has 1 heterocycles. The third-order valence-electron chi connectivity index (χ3n) is 5.12. The highest BCUT2D eigenvalue weighted by molar-refractivity contribution is 4.85. The first-order chi connectivity index (χ1) is 9.85. The Kier molecular flexibility index (Phi) is 7.32. The highest BCUT2D eigenvalue weighted by Gasteiger charge is 2.29.